The highest BCUT2D eigenvalue weighted by molar-refractivity contribution is 9.10. The highest BCUT2D eigenvalue weighted by Gasteiger charge is 2.15. The van der Waals surface area contributed by atoms with E-state index in [0.717, 1.165) is 5.69 Å². The van der Waals surface area contributed by atoms with Gasteiger partial charge in [-0.2, -0.15) is 0 Å². The van der Waals surface area contributed by atoms with Gasteiger partial charge in [-0.1, -0.05) is 6.07 Å². The Morgan fingerprint density at radius 3 is 2.87 bits per heavy atom. The zero-order valence-corrected chi connectivity index (χ0v) is 13.3. The molecular formula is C16H9BrN4O2. The normalized spacial score (nSPS) is 11.0. The molecule has 0 atom stereocenters. The number of hydrogen-bond donors (Lipinski definition) is 0. The zero-order valence-electron chi connectivity index (χ0n) is 11.7. The maximum absolute atomic E-state index is 12.3. The molecule has 23 heavy (non-hydrogen) atoms. The van der Waals surface area contributed by atoms with Crippen LogP contribution >= 0.6 is 15.9 Å². The van der Waals surface area contributed by atoms with Gasteiger partial charge in [-0.25, -0.2) is 19.7 Å². The second-order valence-electron chi connectivity index (χ2n) is 4.78. The smallest absolute Gasteiger partial charge is 0.348 e. The molecule has 3 heterocycles. The van der Waals surface area contributed by atoms with Crippen molar-refractivity contribution in [2.24, 2.45) is 0 Å². The molecule has 0 fully saturated rings. The Balaban J connectivity index is 2.00. The van der Waals surface area contributed by atoms with E-state index in [4.69, 9.17) is 4.42 Å². The van der Waals surface area contributed by atoms with Crippen LogP contribution in [0.25, 0.3) is 28.2 Å². The summed E-state index contributed by atoms with van der Waals surface area (Å²) in [6.07, 6.45) is 6.73. The Bertz CT molecular complexity index is 1060. The zero-order chi connectivity index (χ0) is 15.8. The van der Waals surface area contributed by atoms with Crippen molar-refractivity contribution >= 4 is 26.8 Å². The molecule has 112 valence electrons. The van der Waals surface area contributed by atoms with Crippen LogP contribution in [0.3, 0.4) is 0 Å². The number of imidazole rings is 1. The van der Waals surface area contributed by atoms with Gasteiger partial charge < -0.3 is 8.98 Å². The SMILES string of the molecule is O=c1oc(-c2ncccc2-n2ccnc2)nc2cccc(Br)c12. The van der Waals surface area contributed by atoms with Gasteiger partial charge in [0.25, 0.3) is 5.89 Å². The molecule has 0 aliphatic heterocycles. The average Bonchev–Trinajstić information content (AvgIpc) is 3.09. The van der Waals surface area contributed by atoms with Crippen LogP contribution in [0.15, 0.2) is 68.9 Å². The molecule has 0 bridgehead atoms. The topological polar surface area (TPSA) is 73.8 Å². The van der Waals surface area contributed by atoms with Crippen molar-refractivity contribution in [2.45, 2.75) is 0 Å². The predicted octanol–water partition coefficient (Wildman–Crippen LogP) is 3.20. The number of pyridine rings is 1. The molecular weight excluding hydrogens is 360 g/mol. The van der Waals surface area contributed by atoms with E-state index in [9.17, 15) is 4.79 Å². The van der Waals surface area contributed by atoms with Crippen molar-refractivity contribution in [2.75, 3.05) is 0 Å². The molecule has 0 aliphatic rings. The van der Waals surface area contributed by atoms with Gasteiger partial charge >= 0.3 is 5.63 Å². The van der Waals surface area contributed by atoms with Crippen LogP contribution in [0, 0.1) is 0 Å². The molecule has 0 aliphatic carbocycles. The number of rotatable bonds is 2. The monoisotopic (exact) mass is 368 g/mol. The maximum atomic E-state index is 12.3. The molecule has 0 amide bonds. The van der Waals surface area contributed by atoms with Crippen LogP contribution < -0.4 is 5.63 Å². The summed E-state index contributed by atoms with van der Waals surface area (Å²) >= 11 is 3.35. The summed E-state index contributed by atoms with van der Waals surface area (Å²) in [6, 6.07) is 9.02. The van der Waals surface area contributed by atoms with E-state index >= 15 is 0 Å². The molecule has 0 N–H and O–H groups in total. The van der Waals surface area contributed by atoms with E-state index in [1.807, 2.05) is 12.1 Å². The summed E-state index contributed by atoms with van der Waals surface area (Å²) in [5.74, 6) is 0.171. The van der Waals surface area contributed by atoms with Crippen LogP contribution in [-0.2, 0) is 0 Å². The van der Waals surface area contributed by atoms with Crippen LogP contribution in [0.5, 0.6) is 0 Å². The Hall–Kier alpha value is -2.80. The molecule has 1 aromatic carbocycles. The first-order valence-electron chi connectivity index (χ1n) is 6.77. The fraction of sp³-hybridized carbons (Fsp3) is 0. The van der Waals surface area contributed by atoms with Gasteiger partial charge in [0.2, 0.25) is 0 Å². The fourth-order valence-electron chi connectivity index (χ4n) is 2.35. The van der Waals surface area contributed by atoms with E-state index in [1.54, 1.807) is 47.7 Å². The van der Waals surface area contributed by atoms with Gasteiger partial charge in [0, 0.05) is 23.1 Å². The Labute approximate surface area is 138 Å². The van der Waals surface area contributed by atoms with E-state index in [-0.39, 0.29) is 5.89 Å². The largest absolute Gasteiger partial charge is 0.401 e. The lowest BCUT2D eigenvalue weighted by atomic mass is 10.2. The van der Waals surface area contributed by atoms with Crippen LogP contribution in [-0.4, -0.2) is 19.5 Å². The van der Waals surface area contributed by atoms with Gasteiger partial charge in [0.15, 0.2) is 0 Å². The number of benzene rings is 1. The van der Waals surface area contributed by atoms with E-state index < -0.39 is 5.63 Å². The number of aromatic nitrogens is 4. The van der Waals surface area contributed by atoms with E-state index in [2.05, 4.69) is 30.9 Å². The second-order valence-corrected chi connectivity index (χ2v) is 5.64. The van der Waals surface area contributed by atoms with Gasteiger partial charge in [-0.3, -0.25) is 0 Å². The first-order chi connectivity index (χ1) is 11.2. The maximum Gasteiger partial charge on any atom is 0.348 e. The lowest BCUT2D eigenvalue weighted by molar-refractivity contribution is 0.515. The molecule has 7 heteroatoms. The average molecular weight is 369 g/mol. The van der Waals surface area contributed by atoms with Crippen molar-refractivity contribution in [3.8, 4) is 17.3 Å². The standard InChI is InChI=1S/C16H9BrN4O2/c17-10-3-1-4-11-13(10)16(22)23-15(20-11)14-12(5-2-6-19-14)21-8-7-18-9-21/h1-9H. The van der Waals surface area contributed by atoms with E-state index in [1.165, 1.54) is 0 Å². The predicted molar refractivity (Wildman–Crippen MR) is 88.3 cm³/mol. The van der Waals surface area contributed by atoms with Crippen molar-refractivity contribution < 1.29 is 4.42 Å². The minimum Gasteiger partial charge on any atom is -0.401 e. The molecule has 4 aromatic rings. The fourth-order valence-corrected chi connectivity index (χ4v) is 2.87. The minimum absolute atomic E-state index is 0.171. The summed E-state index contributed by atoms with van der Waals surface area (Å²) in [6.45, 7) is 0. The number of hydrogen-bond acceptors (Lipinski definition) is 5. The van der Waals surface area contributed by atoms with Crippen LogP contribution in [0.4, 0.5) is 0 Å². The van der Waals surface area contributed by atoms with Gasteiger partial charge in [-0.15, -0.1) is 0 Å². The van der Waals surface area contributed by atoms with Gasteiger partial charge in [-0.05, 0) is 40.2 Å². The number of fused-ring (bicyclic) bond motifs is 1. The summed E-state index contributed by atoms with van der Waals surface area (Å²) in [5.41, 5.74) is 1.30. The molecule has 0 radical (unpaired) electrons. The number of nitrogens with zero attached hydrogens (tertiary/aromatic N) is 4. The molecule has 0 unspecified atom stereocenters. The van der Waals surface area contributed by atoms with Crippen molar-refractivity contribution in [1.82, 2.24) is 19.5 Å². The summed E-state index contributed by atoms with van der Waals surface area (Å²) < 4.78 is 7.84. The first kappa shape index (κ1) is 13.8. The highest BCUT2D eigenvalue weighted by atomic mass is 79.9. The van der Waals surface area contributed by atoms with Crippen LogP contribution in [0.2, 0.25) is 0 Å². The van der Waals surface area contributed by atoms with Gasteiger partial charge in [0.05, 0.1) is 17.5 Å². The Kier molecular flexibility index (Phi) is 3.27. The van der Waals surface area contributed by atoms with Crippen LogP contribution in [0.1, 0.15) is 0 Å². The highest BCUT2D eigenvalue weighted by Crippen LogP contribution is 2.25. The lowest BCUT2D eigenvalue weighted by Gasteiger charge is -2.08. The molecule has 6 nitrogen and oxygen atoms in total. The summed E-state index contributed by atoms with van der Waals surface area (Å²) in [7, 11) is 0. The molecule has 0 saturated carbocycles. The van der Waals surface area contributed by atoms with E-state index in [0.29, 0.717) is 21.1 Å². The first-order valence-corrected chi connectivity index (χ1v) is 7.56. The number of halogens is 1. The van der Waals surface area contributed by atoms with Crippen molar-refractivity contribution in [1.29, 1.82) is 0 Å². The molecule has 0 saturated heterocycles. The second kappa shape index (κ2) is 5.44. The Morgan fingerprint density at radius 1 is 1.13 bits per heavy atom. The lowest BCUT2D eigenvalue weighted by Crippen LogP contribution is -2.06. The van der Waals surface area contributed by atoms with Gasteiger partial charge in [0.1, 0.15) is 11.1 Å². The molecule has 4 rings (SSSR count). The summed E-state index contributed by atoms with van der Waals surface area (Å²) in [5, 5.41) is 0.413. The minimum atomic E-state index is -0.459. The van der Waals surface area contributed by atoms with Crippen molar-refractivity contribution in [3.63, 3.8) is 0 Å². The van der Waals surface area contributed by atoms with Crippen molar-refractivity contribution in [3.05, 3.63) is 70.1 Å². The molecule has 0 spiro atoms. The third kappa shape index (κ3) is 2.35. The Morgan fingerprint density at radius 2 is 2.04 bits per heavy atom. The molecule has 3 aromatic heterocycles. The summed E-state index contributed by atoms with van der Waals surface area (Å²) in [4.78, 5) is 25.1. The quantitative estimate of drug-likeness (QED) is 0.543. The third-order valence-corrected chi connectivity index (χ3v) is 4.04. The third-order valence-electron chi connectivity index (χ3n) is 3.38.